The first-order valence-corrected chi connectivity index (χ1v) is 7.56. The highest BCUT2D eigenvalue weighted by Crippen LogP contribution is 2.23. The van der Waals surface area contributed by atoms with Gasteiger partial charge < -0.3 is 9.88 Å². The highest BCUT2D eigenvalue weighted by atomic mass is 16.2. The summed E-state index contributed by atoms with van der Waals surface area (Å²) in [6, 6.07) is 8.61. The Bertz CT molecular complexity index is 596. The van der Waals surface area contributed by atoms with Crippen LogP contribution in [0.15, 0.2) is 30.5 Å². The number of hydrogen-bond donors (Lipinski definition) is 1. The van der Waals surface area contributed by atoms with Gasteiger partial charge in [0.05, 0.1) is 6.42 Å². The lowest BCUT2D eigenvalue weighted by atomic mass is 9.94. The minimum atomic E-state index is 0.238. The smallest absolute Gasteiger partial charge is 0.227 e. The summed E-state index contributed by atoms with van der Waals surface area (Å²) in [5.41, 5.74) is 2.21. The molecule has 1 heterocycles. The van der Waals surface area contributed by atoms with E-state index < -0.39 is 0 Å². The predicted octanol–water partition coefficient (Wildman–Crippen LogP) is 3.50. The molecule has 20 heavy (non-hydrogen) atoms. The zero-order valence-electron chi connectivity index (χ0n) is 12.1. The van der Waals surface area contributed by atoms with Gasteiger partial charge in [0, 0.05) is 30.2 Å². The Morgan fingerprint density at radius 2 is 2.00 bits per heavy atom. The highest BCUT2D eigenvalue weighted by Gasteiger charge is 2.22. The topological polar surface area (TPSA) is 36.1 Å². The molecule has 1 saturated carbocycles. The van der Waals surface area contributed by atoms with E-state index in [1.165, 1.54) is 19.3 Å². The van der Waals surface area contributed by atoms with Crippen molar-refractivity contribution in [3.8, 4) is 0 Å². The first-order valence-electron chi connectivity index (χ1n) is 7.56. The average molecular weight is 270 g/mol. The third kappa shape index (κ3) is 2.58. The predicted molar refractivity (Wildman–Crippen MR) is 81.6 cm³/mol. The monoisotopic (exact) mass is 270 g/mol. The molecule has 0 atom stereocenters. The lowest BCUT2D eigenvalue weighted by Crippen LogP contribution is -2.39. The van der Waals surface area contributed by atoms with Crippen molar-refractivity contribution in [2.24, 2.45) is 0 Å². The fourth-order valence-electron chi connectivity index (χ4n) is 3.24. The van der Waals surface area contributed by atoms with Crippen LogP contribution in [-0.2, 0) is 11.2 Å². The molecule has 3 rings (SSSR count). The third-order valence-electron chi connectivity index (χ3n) is 4.53. The van der Waals surface area contributed by atoms with E-state index in [-0.39, 0.29) is 5.91 Å². The number of fused-ring (bicyclic) bond motifs is 1. The van der Waals surface area contributed by atoms with Gasteiger partial charge in [0.25, 0.3) is 0 Å². The number of rotatable bonds is 3. The van der Waals surface area contributed by atoms with Crippen molar-refractivity contribution in [2.75, 3.05) is 7.05 Å². The zero-order chi connectivity index (χ0) is 13.9. The molecule has 3 heteroatoms. The van der Waals surface area contributed by atoms with Crippen LogP contribution in [0.4, 0.5) is 0 Å². The Balaban J connectivity index is 1.71. The maximum Gasteiger partial charge on any atom is 0.227 e. The molecule has 0 radical (unpaired) electrons. The summed E-state index contributed by atoms with van der Waals surface area (Å²) in [6.45, 7) is 0. The SMILES string of the molecule is CN(C(=O)Cc1c[nH]c2ccccc12)C1CCCCC1. The van der Waals surface area contributed by atoms with Gasteiger partial charge in [-0.3, -0.25) is 4.79 Å². The molecule has 106 valence electrons. The van der Waals surface area contributed by atoms with Crippen molar-refractivity contribution in [3.05, 3.63) is 36.0 Å². The number of likely N-dealkylation sites (N-methyl/N-ethyl adjacent to an activating group) is 1. The molecule has 1 aromatic heterocycles. The number of benzene rings is 1. The van der Waals surface area contributed by atoms with E-state index >= 15 is 0 Å². The zero-order valence-corrected chi connectivity index (χ0v) is 12.1. The fourth-order valence-corrected chi connectivity index (χ4v) is 3.24. The van der Waals surface area contributed by atoms with Crippen molar-refractivity contribution in [2.45, 2.75) is 44.6 Å². The summed E-state index contributed by atoms with van der Waals surface area (Å²) >= 11 is 0. The molecular formula is C17H22N2O. The summed E-state index contributed by atoms with van der Waals surface area (Å²) in [5.74, 6) is 0.238. The van der Waals surface area contributed by atoms with Crippen LogP contribution < -0.4 is 0 Å². The second kappa shape index (κ2) is 5.70. The maximum atomic E-state index is 12.5. The molecular weight excluding hydrogens is 248 g/mol. The van der Waals surface area contributed by atoms with E-state index in [1.807, 2.05) is 36.3 Å². The van der Waals surface area contributed by atoms with Crippen LogP contribution in [0.25, 0.3) is 10.9 Å². The van der Waals surface area contributed by atoms with E-state index in [4.69, 9.17) is 0 Å². The molecule has 2 aromatic rings. The quantitative estimate of drug-likeness (QED) is 0.910. The summed E-state index contributed by atoms with van der Waals surface area (Å²) in [6.07, 6.45) is 8.63. The van der Waals surface area contributed by atoms with E-state index in [1.54, 1.807) is 0 Å². The second-order valence-electron chi connectivity index (χ2n) is 5.83. The van der Waals surface area contributed by atoms with Gasteiger partial charge in [-0.2, -0.15) is 0 Å². The van der Waals surface area contributed by atoms with Gasteiger partial charge in [-0.15, -0.1) is 0 Å². The molecule has 1 aromatic carbocycles. The van der Waals surface area contributed by atoms with Gasteiger partial charge >= 0.3 is 0 Å². The lowest BCUT2D eigenvalue weighted by molar-refractivity contribution is -0.131. The van der Waals surface area contributed by atoms with E-state index in [0.717, 1.165) is 29.3 Å². The van der Waals surface area contributed by atoms with Crippen molar-refractivity contribution in [3.63, 3.8) is 0 Å². The molecule has 1 amide bonds. The van der Waals surface area contributed by atoms with Crippen molar-refractivity contribution >= 4 is 16.8 Å². The molecule has 1 aliphatic rings. The highest BCUT2D eigenvalue weighted by molar-refractivity contribution is 5.88. The summed E-state index contributed by atoms with van der Waals surface area (Å²) < 4.78 is 0. The first-order chi connectivity index (χ1) is 9.75. The number of amides is 1. The van der Waals surface area contributed by atoms with Crippen molar-refractivity contribution in [1.29, 1.82) is 0 Å². The number of H-pyrrole nitrogens is 1. The Labute approximate surface area is 120 Å². The summed E-state index contributed by atoms with van der Waals surface area (Å²) in [5, 5.41) is 1.16. The van der Waals surface area contributed by atoms with Crippen LogP contribution in [0.5, 0.6) is 0 Å². The molecule has 1 aliphatic carbocycles. The van der Waals surface area contributed by atoms with Crippen LogP contribution in [0.2, 0.25) is 0 Å². The van der Waals surface area contributed by atoms with Crippen LogP contribution >= 0.6 is 0 Å². The Morgan fingerprint density at radius 3 is 2.80 bits per heavy atom. The Kier molecular flexibility index (Phi) is 3.77. The summed E-state index contributed by atoms with van der Waals surface area (Å²) in [4.78, 5) is 17.7. The van der Waals surface area contributed by atoms with Gasteiger partial charge in [0.15, 0.2) is 0 Å². The van der Waals surface area contributed by atoms with E-state index in [2.05, 4.69) is 11.1 Å². The van der Waals surface area contributed by atoms with Crippen LogP contribution in [-0.4, -0.2) is 28.9 Å². The second-order valence-corrected chi connectivity index (χ2v) is 5.83. The molecule has 0 spiro atoms. The fraction of sp³-hybridized carbons (Fsp3) is 0.471. The maximum absolute atomic E-state index is 12.5. The molecule has 0 unspecified atom stereocenters. The largest absolute Gasteiger partial charge is 0.361 e. The molecule has 0 bridgehead atoms. The first kappa shape index (κ1) is 13.2. The van der Waals surface area contributed by atoms with Gasteiger partial charge in [0.2, 0.25) is 5.91 Å². The molecule has 0 saturated heterocycles. The van der Waals surface area contributed by atoms with Gasteiger partial charge in [-0.05, 0) is 24.5 Å². The minimum Gasteiger partial charge on any atom is -0.361 e. The Morgan fingerprint density at radius 1 is 1.25 bits per heavy atom. The van der Waals surface area contributed by atoms with Gasteiger partial charge in [-0.1, -0.05) is 37.5 Å². The van der Waals surface area contributed by atoms with E-state index in [0.29, 0.717) is 12.5 Å². The molecule has 1 fully saturated rings. The number of carbonyl (C=O) groups is 1. The Hall–Kier alpha value is -1.77. The van der Waals surface area contributed by atoms with E-state index in [9.17, 15) is 4.79 Å². The van der Waals surface area contributed by atoms with Gasteiger partial charge in [-0.25, -0.2) is 0 Å². The van der Waals surface area contributed by atoms with Crippen molar-refractivity contribution in [1.82, 2.24) is 9.88 Å². The number of nitrogens with one attached hydrogen (secondary N) is 1. The van der Waals surface area contributed by atoms with Crippen LogP contribution in [0.3, 0.4) is 0 Å². The molecule has 1 N–H and O–H groups in total. The number of nitrogens with zero attached hydrogens (tertiary/aromatic N) is 1. The van der Waals surface area contributed by atoms with Crippen LogP contribution in [0, 0.1) is 0 Å². The summed E-state index contributed by atoms with van der Waals surface area (Å²) in [7, 11) is 1.97. The lowest BCUT2D eigenvalue weighted by Gasteiger charge is -2.31. The number of carbonyl (C=O) groups excluding carboxylic acids is 1. The standard InChI is InChI=1S/C17H22N2O/c1-19(14-7-3-2-4-8-14)17(20)11-13-12-18-16-10-6-5-9-15(13)16/h5-6,9-10,12,14,18H,2-4,7-8,11H2,1H3. The number of para-hydroxylation sites is 1. The third-order valence-corrected chi connectivity index (χ3v) is 4.53. The van der Waals surface area contributed by atoms with Crippen LogP contribution in [0.1, 0.15) is 37.7 Å². The van der Waals surface area contributed by atoms with Gasteiger partial charge in [0.1, 0.15) is 0 Å². The number of aromatic amines is 1. The minimum absolute atomic E-state index is 0.238. The molecule has 0 aliphatic heterocycles. The number of hydrogen-bond acceptors (Lipinski definition) is 1. The van der Waals surface area contributed by atoms with Crippen molar-refractivity contribution < 1.29 is 4.79 Å². The number of aromatic nitrogens is 1. The average Bonchev–Trinajstić information content (AvgIpc) is 2.91. The molecule has 3 nitrogen and oxygen atoms in total. The normalized spacial score (nSPS) is 16.4.